The molecular weight excluding hydrogens is 481 g/mol. The van der Waals surface area contributed by atoms with Gasteiger partial charge >= 0.3 is 0 Å². The van der Waals surface area contributed by atoms with Gasteiger partial charge in [0.2, 0.25) is 0 Å². The highest BCUT2D eigenvalue weighted by molar-refractivity contribution is 5.16. The summed E-state index contributed by atoms with van der Waals surface area (Å²) in [6, 6.07) is 4.61. The molecule has 2 aliphatic heterocycles. The fraction of sp³-hybridized carbons (Fsp3) is 0.750. The standard InChI is InChI=1S/C24H38FNO10/c1-3-4-9-33-22-21(32)19(30)16(12-28)35-24(22,2)36-23-17(20(31)18(29)15(11-27)34-23)26-10-13-5-7-14(25)8-6-13/h5-8,15-23,26-32H,3-4,9-12H2,1-2H3/t15-,16?,17?,18-,19-,20?,21?,22?,23-,24-/m1/s1. The SMILES string of the molecule is CCCCOC1C(O)[C@H](O)C(CO)O[C@]1(C)O[C@H]1O[C@H](CO)[C@@H](O)C(O)C1NCc1ccc(F)cc1. The molecule has 1 aromatic carbocycles. The number of nitrogens with one attached hydrogen (secondary N) is 1. The predicted octanol–water partition coefficient (Wildman–Crippen LogP) is -1.25. The Hall–Kier alpha value is -1.29. The molecule has 10 atom stereocenters. The quantitative estimate of drug-likeness (QED) is 0.174. The van der Waals surface area contributed by atoms with E-state index in [4.69, 9.17) is 18.9 Å². The zero-order chi connectivity index (χ0) is 26.5. The van der Waals surface area contributed by atoms with E-state index < -0.39 is 79.9 Å². The van der Waals surface area contributed by atoms with Crippen LogP contribution < -0.4 is 5.32 Å². The molecule has 0 saturated carbocycles. The van der Waals surface area contributed by atoms with Gasteiger partial charge in [-0.2, -0.15) is 0 Å². The first-order valence-electron chi connectivity index (χ1n) is 12.2. The molecule has 2 fully saturated rings. The number of unbranched alkanes of at least 4 members (excludes halogenated alkanes) is 1. The highest BCUT2D eigenvalue weighted by Crippen LogP contribution is 2.36. The Morgan fingerprint density at radius 1 is 0.972 bits per heavy atom. The van der Waals surface area contributed by atoms with E-state index in [-0.39, 0.29) is 13.2 Å². The number of benzene rings is 1. The van der Waals surface area contributed by atoms with Crippen LogP contribution in [-0.2, 0) is 25.5 Å². The first-order chi connectivity index (χ1) is 17.1. The van der Waals surface area contributed by atoms with Gasteiger partial charge in [0.1, 0.15) is 48.5 Å². The Labute approximate surface area is 209 Å². The van der Waals surface area contributed by atoms with Crippen LogP contribution in [0.3, 0.4) is 0 Å². The maximum absolute atomic E-state index is 13.3. The molecule has 206 valence electrons. The van der Waals surface area contributed by atoms with E-state index in [2.05, 4.69) is 5.32 Å². The van der Waals surface area contributed by atoms with Crippen LogP contribution >= 0.6 is 0 Å². The molecule has 0 amide bonds. The smallest absolute Gasteiger partial charge is 0.197 e. The summed E-state index contributed by atoms with van der Waals surface area (Å²) >= 11 is 0. The lowest BCUT2D eigenvalue weighted by molar-refractivity contribution is -0.412. The van der Waals surface area contributed by atoms with Gasteiger partial charge in [-0.15, -0.1) is 0 Å². The highest BCUT2D eigenvalue weighted by atomic mass is 19.1. The summed E-state index contributed by atoms with van der Waals surface area (Å²) in [5, 5.41) is 64.8. The number of aliphatic hydroxyl groups is 6. The van der Waals surface area contributed by atoms with E-state index in [1.165, 1.54) is 19.1 Å². The third-order valence-corrected chi connectivity index (χ3v) is 6.60. The van der Waals surface area contributed by atoms with Gasteiger partial charge in [0, 0.05) is 13.2 Å². The van der Waals surface area contributed by atoms with Gasteiger partial charge in [0.15, 0.2) is 12.1 Å². The lowest BCUT2D eigenvalue weighted by atomic mass is 9.92. The van der Waals surface area contributed by atoms with E-state index in [1.807, 2.05) is 6.92 Å². The summed E-state index contributed by atoms with van der Waals surface area (Å²) in [5.74, 6) is -2.17. The molecular formula is C24H38FNO10. The fourth-order valence-corrected chi connectivity index (χ4v) is 4.46. The summed E-state index contributed by atoms with van der Waals surface area (Å²) < 4.78 is 36.8. The Morgan fingerprint density at radius 2 is 1.61 bits per heavy atom. The second kappa shape index (κ2) is 13.0. The zero-order valence-electron chi connectivity index (χ0n) is 20.4. The van der Waals surface area contributed by atoms with E-state index >= 15 is 0 Å². The molecule has 2 saturated heterocycles. The van der Waals surface area contributed by atoms with Crippen LogP contribution in [-0.4, -0.2) is 111 Å². The van der Waals surface area contributed by atoms with Gasteiger partial charge in [-0.25, -0.2) is 4.39 Å². The average Bonchev–Trinajstić information content (AvgIpc) is 2.86. The lowest BCUT2D eigenvalue weighted by Gasteiger charge is -2.51. The molecule has 1 aromatic rings. The highest BCUT2D eigenvalue weighted by Gasteiger charge is 2.56. The Bertz CT molecular complexity index is 804. The van der Waals surface area contributed by atoms with Crippen molar-refractivity contribution < 1.29 is 54.0 Å². The number of aliphatic hydroxyl groups excluding tert-OH is 6. The van der Waals surface area contributed by atoms with Crippen molar-refractivity contribution in [2.24, 2.45) is 0 Å². The van der Waals surface area contributed by atoms with Crippen LogP contribution in [0, 0.1) is 5.82 Å². The van der Waals surface area contributed by atoms with Crippen molar-refractivity contribution in [2.45, 2.75) is 94.1 Å². The van der Waals surface area contributed by atoms with Gasteiger partial charge < -0.3 is 54.9 Å². The maximum Gasteiger partial charge on any atom is 0.197 e. The lowest BCUT2D eigenvalue weighted by Crippen LogP contribution is -2.70. The zero-order valence-corrected chi connectivity index (χ0v) is 20.4. The monoisotopic (exact) mass is 519 g/mol. The van der Waals surface area contributed by atoms with Crippen LogP contribution in [0.1, 0.15) is 32.3 Å². The summed E-state index contributed by atoms with van der Waals surface area (Å²) in [4.78, 5) is 0. The third kappa shape index (κ3) is 6.58. The van der Waals surface area contributed by atoms with E-state index in [0.29, 0.717) is 12.0 Å². The van der Waals surface area contributed by atoms with Crippen molar-refractivity contribution in [1.29, 1.82) is 0 Å². The topological polar surface area (TPSA) is 170 Å². The van der Waals surface area contributed by atoms with Crippen molar-refractivity contribution in [3.63, 3.8) is 0 Å². The summed E-state index contributed by atoms with van der Waals surface area (Å²) in [7, 11) is 0. The molecule has 0 bridgehead atoms. The van der Waals surface area contributed by atoms with Crippen LogP contribution in [0.4, 0.5) is 4.39 Å². The third-order valence-electron chi connectivity index (χ3n) is 6.60. The molecule has 0 spiro atoms. The average molecular weight is 520 g/mol. The molecule has 0 aliphatic carbocycles. The Morgan fingerprint density at radius 3 is 2.22 bits per heavy atom. The van der Waals surface area contributed by atoms with E-state index in [1.54, 1.807) is 12.1 Å². The van der Waals surface area contributed by atoms with Crippen molar-refractivity contribution in [3.05, 3.63) is 35.6 Å². The number of hydrogen-bond donors (Lipinski definition) is 7. The normalized spacial score (nSPS) is 39.3. The van der Waals surface area contributed by atoms with Crippen LogP contribution in [0.25, 0.3) is 0 Å². The molecule has 5 unspecified atom stereocenters. The van der Waals surface area contributed by atoms with Gasteiger partial charge in [0.05, 0.1) is 19.3 Å². The largest absolute Gasteiger partial charge is 0.394 e. The number of halogens is 1. The summed E-state index contributed by atoms with van der Waals surface area (Å²) in [5.41, 5.74) is 0.681. The molecule has 36 heavy (non-hydrogen) atoms. The second-order valence-electron chi connectivity index (χ2n) is 9.34. The van der Waals surface area contributed by atoms with Crippen molar-refractivity contribution in [2.75, 3.05) is 19.8 Å². The van der Waals surface area contributed by atoms with E-state index in [0.717, 1.165) is 6.42 Å². The van der Waals surface area contributed by atoms with Crippen LogP contribution in [0.2, 0.25) is 0 Å². The number of hydrogen-bond acceptors (Lipinski definition) is 11. The summed E-state index contributed by atoms with van der Waals surface area (Å²) in [6.45, 7) is 2.56. The summed E-state index contributed by atoms with van der Waals surface area (Å²) in [6.07, 6.45) is -9.26. The molecule has 0 aromatic heterocycles. The molecule has 7 N–H and O–H groups in total. The van der Waals surface area contributed by atoms with E-state index in [9.17, 15) is 35.0 Å². The first-order valence-corrected chi connectivity index (χ1v) is 12.2. The van der Waals surface area contributed by atoms with Gasteiger partial charge in [-0.05, 0) is 31.0 Å². The van der Waals surface area contributed by atoms with Crippen molar-refractivity contribution >= 4 is 0 Å². The molecule has 2 aliphatic rings. The second-order valence-corrected chi connectivity index (χ2v) is 9.34. The van der Waals surface area contributed by atoms with Gasteiger partial charge in [-0.1, -0.05) is 25.5 Å². The minimum absolute atomic E-state index is 0.149. The van der Waals surface area contributed by atoms with Gasteiger partial charge in [-0.3, -0.25) is 0 Å². The minimum Gasteiger partial charge on any atom is -0.394 e. The predicted molar refractivity (Wildman–Crippen MR) is 123 cm³/mol. The Balaban J connectivity index is 1.85. The number of rotatable bonds is 11. The van der Waals surface area contributed by atoms with Crippen LogP contribution in [0.15, 0.2) is 24.3 Å². The number of ether oxygens (including phenoxy) is 4. The molecule has 11 nitrogen and oxygen atoms in total. The van der Waals surface area contributed by atoms with Gasteiger partial charge in [0.25, 0.3) is 0 Å². The van der Waals surface area contributed by atoms with Crippen molar-refractivity contribution in [3.8, 4) is 0 Å². The molecule has 2 heterocycles. The Kier molecular flexibility index (Phi) is 10.6. The molecule has 0 radical (unpaired) electrons. The maximum atomic E-state index is 13.3. The first kappa shape index (κ1) is 29.3. The molecule has 12 heteroatoms. The van der Waals surface area contributed by atoms with Crippen LogP contribution in [0.5, 0.6) is 0 Å². The van der Waals surface area contributed by atoms with Crippen molar-refractivity contribution in [1.82, 2.24) is 5.32 Å². The molecule has 3 rings (SSSR count). The minimum atomic E-state index is -1.76. The fourth-order valence-electron chi connectivity index (χ4n) is 4.46.